The molecule has 2 nitrogen and oxygen atoms in total. The van der Waals surface area contributed by atoms with Crippen molar-refractivity contribution in [2.24, 2.45) is 0 Å². The lowest BCUT2D eigenvalue weighted by atomic mass is 10.0. The van der Waals surface area contributed by atoms with Crippen LogP contribution in [0.3, 0.4) is 0 Å². The van der Waals surface area contributed by atoms with Crippen LogP contribution in [0.2, 0.25) is 0 Å². The van der Waals surface area contributed by atoms with Crippen molar-refractivity contribution in [1.29, 1.82) is 0 Å². The van der Waals surface area contributed by atoms with E-state index in [0.717, 1.165) is 13.0 Å². The highest BCUT2D eigenvalue weighted by atomic mass is 32.1. The fourth-order valence-corrected chi connectivity index (χ4v) is 2.92. The van der Waals surface area contributed by atoms with Gasteiger partial charge in [0.2, 0.25) is 0 Å². The highest BCUT2D eigenvalue weighted by Gasteiger charge is 2.21. The summed E-state index contributed by atoms with van der Waals surface area (Å²) < 4.78 is 5.68. The second kappa shape index (κ2) is 5.10. The van der Waals surface area contributed by atoms with Gasteiger partial charge in [0, 0.05) is 17.5 Å². The summed E-state index contributed by atoms with van der Waals surface area (Å²) in [4.78, 5) is 1.39. The van der Waals surface area contributed by atoms with Crippen LogP contribution in [-0.4, -0.2) is 19.8 Å². The fourth-order valence-electron chi connectivity index (χ4n) is 2.16. The molecule has 1 aliphatic rings. The first kappa shape index (κ1) is 11.1. The average Bonchev–Trinajstić information content (AvgIpc) is 2.85. The molecule has 1 N–H and O–H groups in total. The van der Waals surface area contributed by atoms with Crippen LogP contribution >= 0.6 is 11.3 Å². The number of thiophene rings is 1. The third-order valence-electron chi connectivity index (χ3n) is 3.02. The largest absolute Gasteiger partial charge is 0.378 e. The molecule has 2 rings (SSSR count). The summed E-state index contributed by atoms with van der Waals surface area (Å²) in [6.45, 7) is 3.11. The molecule has 15 heavy (non-hydrogen) atoms. The van der Waals surface area contributed by atoms with Crippen molar-refractivity contribution < 1.29 is 4.74 Å². The third-order valence-corrected chi connectivity index (χ3v) is 3.90. The summed E-state index contributed by atoms with van der Waals surface area (Å²) in [5.74, 6) is 0. The van der Waals surface area contributed by atoms with Gasteiger partial charge in [-0.05, 0) is 50.2 Å². The van der Waals surface area contributed by atoms with E-state index in [1.807, 2.05) is 18.4 Å². The number of nitrogens with one attached hydrogen (secondary N) is 1. The zero-order valence-corrected chi connectivity index (χ0v) is 10.3. The minimum atomic E-state index is 0.457. The van der Waals surface area contributed by atoms with Gasteiger partial charge in [0.25, 0.3) is 0 Å². The quantitative estimate of drug-likeness (QED) is 0.850. The molecule has 1 saturated heterocycles. The Kier molecular flexibility index (Phi) is 3.78. The average molecular weight is 225 g/mol. The molecule has 0 radical (unpaired) electrons. The SMILES string of the molecule is CNC(CC1CCCO1)c1csc(C)c1. The lowest BCUT2D eigenvalue weighted by Gasteiger charge is -2.18. The summed E-state index contributed by atoms with van der Waals surface area (Å²) in [6.07, 6.45) is 4.01. The first-order chi connectivity index (χ1) is 7.29. The van der Waals surface area contributed by atoms with Crippen LogP contribution in [0, 0.1) is 6.92 Å². The van der Waals surface area contributed by atoms with Crippen LogP contribution in [0.1, 0.15) is 35.7 Å². The Morgan fingerprint density at radius 2 is 2.53 bits per heavy atom. The molecule has 2 atom stereocenters. The predicted octanol–water partition coefficient (Wildman–Crippen LogP) is 2.89. The fraction of sp³-hybridized carbons (Fsp3) is 0.667. The van der Waals surface area contributed by atoms with Gasteiger partial charge >= 0.3 is 0 Å². The number of hydrogen-bond donors (Lipinski definition) is 1. The Morgan fingerprint density at radius 1 is 1.67 bits per heavy atom. The van der Waals surface area contributed by atoms with Crippen LogP contribution in [0.15, 0.2) is 11.4 Å². The Balaban J connectivity index is 1.97. The minimum Gasteiger partial charge on any atom is -0.378 e. The van der Waals surface area contributed by atoms with Gasteiger partial charge in [-0.25, -0.2) is 0 Å². The van der Waals surface area contributed by atoms with Crippen molar-refractivity contribution >= 4 is 11.3 Å². The zero-order valence-electron chi connectivity index (χ0n) is 9.45. The van der Waals surface area contributed by atoms with Crippen LogP contribution in [0.5, 0.6) is 0 Å². The van der Waals surface area contributed by atoms with E-state index in [-0.39, 0.29) is 0 Å². The van der Waals surface area contributed by atoms with E-state index >= 15 is 0 Å². The van der Waals surface area contributed by atoms with E-state index in [2.05, 4.69) is 23.7 Å². The first-order valence-corrected chi connectivity index (χ1v) is 6.51. The van der Waals surface area contributed by atoms with Gasteiger partial charge in [-0.2, -0.15) is 0 Å². The maximum Gasteiger partial charge on any atom is 0.0594 e. The third kappa shape index (κ3) is 2.80. The first-order valence-electron chi connectivity index (χ1n) is 5.63. The number of rotatable bonds is 4. The van der Waals surface area contributed by atoms with Crippen molar-refractivity contribution in [3.8, 4) is 0 Å². The predicted molar refractivity (Wildman–Crippen MR) is 64.4 cm³/mol. The molecule has 0 saturated carbocycles. The molecular formula is C12H19NOS. The van der Waals surface area contributed by atoms with Gasteiger partial charge in [0.15, 0.2) is 0 Å². The van der Waals surface area contributed by atoms with E-state index in [4.69, 9.17) is 4.74 Å². The molecule has 1 fully saturated rings. The molecule has 84 valence electrons. The van der Waals surface area contributed by atoms with Gasteiger partial charge in [-0.15, -0.1) is 11.3 Å². The van der Waals surface area contributed by atoms with E-state index < -0.39 is 0 Å². The Hall–Kier alpha value is -0.380. The van der Waals surface area contributed by atoms with Crippen LogP contribution in [0.4, 0.5) is 0 Å². The van der Waals surface area contributed by atoms with Gasteiger partial charge < -0.3 is 10.1 Å². The highest BCUT2D eigenvalue weighted by molar-refractivity contribution is 7.10. The van der Waals surface area contributed by atoms with E-state index in [1.165, 1.54) is 23.3 Å². The molecule has 0 aliphatic carbocycles. The molecular weight excluding hydrogens is 206 g/mol. The molecule has 1 aliphatic heterocycles. The molecule has 1 aromatic rings. The molecule has 2 heterocycles. The Morgan fingerprint density at radius 3 is 3.07 bits per heavy atom. The van der Waals surface area contributed by atoms with Crippen molar-refractivity contribution in [1.82, 2.24) is 5.32 Å². The smallest absolute Gasteiger partial charge is 0.0594 e. The van der Waals surface area contributed by atoms with E-state index in [9.17, 15) is 0 Å². The van der Waals surface area contributed by atoms with Crippen molar-refractivity contribution in [2.45, 2.75) is 38.3 Å². The second-order valence-electron chi connectivity index (χ2n) is 4.20. The standard InChI is InChI=1S/C12H19NOS/c1-9-6-10(8-15-9)12(13-2)7-11-4-3-5-14-11/h6,8,11-13H,3-5,7H2,1-2H3. The second-order valence-corrected chi connectivity index (χ2v) is 5.32. The number of aryl methyl sites for hydroxylation is 1. The monoisotopic (exact) mass is 225 g/mol. The number of hydrogen-bond acceptors (Lipinski definition) is 3. The number of ether oxygens (including phenoxy) is 1. The molecule has 0 spiro atoms. The topological polar surface area (TPSA) is 21.3 Å². The van der Waals surface area contributed by atoms with Gasteiger partial charge in [-0.1, -0.05) is 0 Å². The zero-order chi connectivity index (χ0) is 10.7. The van der Waals surface area contributed by atoms with E-state index in [1.54, 1.807) is 0 Å². The Bertz CT molecular complexity index is 304. The molecule has 0 bridgehead atoms. The summed E-state index contributed by atoms with van der Waals surface area (Å²) >= 11 is 1.83. The summed E-state index contributed by atoms with van der Waals surface area (Å²) in [5.41, 5.74) is 1.41. The molecule has 0 amide bonds. The maximum atomic E-state index is 5.68. The molecule has 1 aromatic heterocycles. The highest BCUT2D eigenvalue weighted by Crippen LogP contribution is 2.27. The maximum absolute atomic E-state index is 5.68. The molecule has 3 heteroatoms. The summed E-state index contributed by atoms with van der Waals surface area (Å²) in [5, 5.41) is 5.64. The lowest BCUT2D eigenvalue weighted by Crippen LogP contribution is -2.21. The van der Waals surface area contributed by atoms with Crippen molar-refractivity contribution in [2.75, 3.05) is 13.7 Å². The molecule has 0 aromatic carbocycles. The van der Waals surface area contributed by atoms with Crippen molar-refractivity contribution in [3.63, 3.8) is 0 Å². The van der Waals surface area contributed by atoms with Crippen LogP contribution in [0.25, 0.3) is 0 Å². The van der Waals surface area contributed by atoms with Gasteiger partial charge in [0.05, 0.1) is 6.10 Å². The van der Waals surface area contributed by atoms with Crippen LogP contribution in [-0.2, 0) is 4.74 Å². The molecule has 2 unspecified atom stereocenters. The minimum absolute atomic E-state index is 0.457. The Labute approximate surface area is 95.6 Å². The van der Waals surface area contributed by atoms with Crippen molar-refractivity contribution in [3.05, 3.63) is 21.9 Å². The normalized spacial score (nSPS) is 23.2. The lowest BCUT2D eigenvalue weighted by molar-refractivity contribution is 0.0954. The van der Waals surface area contributed by atoms with Crippen LogP contribution < -0.4 is 5.32 Å². The summed E-state index contributed by atoms with van der Waals surface area (Å²) in [6, 6.07) is 2.74. The van der Waals surface area contributed by atoms with Gasteiger partial charge in [0.1, 0.15) is 0 Å². The van der Waals surface area contributed by atoms with E-state index in [0.29, 0.717) is 12.1 Å². The van der Waals surface area contributed by atoms with Gasteiger partial charge in [-0.3, -0.25) is 0 Å². The summed E-state index contributed by atoms with van der Waals surface area (Å²) in [7, 11) is 2.03.